The Hall–Kier alpha value is -2.01. The number of carbonyl (C=O) groups excluding carboxylic acids is 1. The van der Waals surface area contributed by atoms with Gasteiger partial charge in [-0.2, -0.15) is 11.8 Å². The predicted octanol–water partition coefficient (Wildman–Crippen LogP) is 3.24. The quantitative estimate of drug-likeness (QED) is 0.845. The van der Waals surface area contributed by atoms with Crippen LogP contribution in [-0.4, -0.2) is 40.4 Å². The van der Waals surface area contributed by atoms with Gasteiger partial charge in [-0.15, -0.1) is 0 Å². The highest BCUT2D eigenvalue weighted by atomic mass is 32.2. The van der Waals surface area contributed by atoms with Gasteiger partial charge >= 0.3 is 0 Å². The molecule has 23 heavy (non-hydrogen) atoms. The number of hydrogen-bond donors (Lipinski definition) is 0. The second-order valence-electron chi connectivity index (χ2n) is 5.63. The van der Waals surface area contributed by atoms with Crippen LogP contribution in [0.15, 0.2) is 48.7 Å². The van der Waals surface area contributed by atoms with Gasteiger partial charge in [0, 0.05) is 37.2 Å². The lowest BCUT2D eigenvalue weighted by molar-refractivity contribution is 0.0784. The molecule has 3 rings (SSSR count). The van der Waals surface area contributed by atoms with Crippen LogP contribution in [0.5, 0.6) is 5.88 Å². The number of benzene rings is 1. The molecule has 1 aliphatic rings. The number of hydrogen-bond acceptors (Lipinski definition) is 4. The molecule has 2 heterocycles. The highest BCUT2D eigenvalue weighted by molar-refractivity contribution is 7.99. The largest absolute Gasteiger partial charge is 0.473 e. The number of amides is 1. The highest BCUT2D eigenvalue weighted by Gasteiger charge is 2.19. The van der Waals surface area contributed by atoms with Gasteiger partial charge in [0.15, 0.2) is 0 Å². The maximum Gasteiger partial charge on any atom is 0.254 e. The minimum atomic E-state index is -0.0260. The van der Waals surface area contributed by atoms with Gasteiger partial charge in [0.25, 0.3) is 5.91 Å². The van der Waals surface area contributed by atoms with Crippen molar-refractivity contribution >= 4 is 17.7 Å². The van der Waals surface area contributed by atoms with Gasteiger partial charge < -0.3 is 9.64 Å². The van der Waals surface area contributed by atoms with Crippen molar-refractivity contribution in [3.05, 3.63) is 59.8 Å². The Bertz CT molecular complexity index is 657. The lowest BCUT2D eigenvalue weighted by Crippen LogP contribution is -2.26. The molecule has 1 aromatic heterocycles. The molecule has 0 N–H and O–H groups in total. The monoisotopic (exact) mass is 328 g/mol. The molecule has 1 saturated heterocycles. The summed E-state index contributed by atoms with van der Waals surface area (Å²) in [5, 5.41) is 0. The molecule has 0 aliphatic carbocycles. The lowest BCUT2D eigenvalue weighted by atomic mass is 10.2. The van der Waals surface area contributed by atoms with Crippen LogP contribution in [0.4, 0.5) is 0 Å². The van der Waals surface area contributed by atoms with Gasteiger partial charge in [0.1, 0.15) is 6.10 Å². The Morgan fingerprint density at radius 2 is 2.17 bits per heavy atom. The molecular formula is C18H20N2O2S. The van der Waals surface area contributed by atoms with Gasteiger partial charge in [-0.25, -0.2) is 4.98 Å². The SMILES string of the molecule is CN(Cc1ccccc1)C(=O)c1ccnc(OC2CCSC2)c1. The average molecular weight is 328 g/mol. The van der Waals surface area contributed by atoms with Gasteiger partial charge in [-0.1, -0.05) is 30.3 Å². The van der Waals surface area contributed by atoms with Gasteiger partial charge in [0.05, 0.1) is 0 Å². The fourth-order valence-electron chi connectivity index (χ4n) is 2.53. The molecule has 1 atom stereocenters. The Morgan fingerprint density at radius 1 is 1.35 bits per heavy atom. The summed E-state index contributed by atoms with van der Waals surface area (Å²) in [5.41, 5.74) is 1.72. The van der Waals surface area contributed by atoms with Gasteiger partial charge in [0.2, 0.25) is 5.88 Å². The topological polar surface area (TPSA) is 42.4 Å². The molecule has 120 valence electrons. The van der Waals surface area contributed by atoms with Crippen molar-refractivity contribution in [2.45, 2.75) is 19.1 Å². The predicted molar refractivity (Wildman–Crippen MR) is 92.8 cm³/mol. The zero-order valence-electron chi connectivity index (χ0n) is 13.1. The molecule has 1 fully saturated rings. The summed E-state index contributed by atoms with van der Waals surface area (Å²) >= 11 is 1.89. The normalized spacial score (nSPS) is 17.0. The van der Waals surface area contributed by atoms with Crippen LogP contribution in [0.25, 0.3) is 0 Å². The van der Waals surface area contributed by atoms with Gasteiger partial charge in [-0.05, 0) is 23.8 Å². The molecule has 2 aromatic rings. The summed E-state index contributed by atoms with van der Waals surface area (Å²) in [5.74, 6) is 2.63. The second kappa shape index (κ2) is 7.51. The van der Waals surface area contributed by atoms with E-state index in [4.69, 9.17) is 4.74 Å². The van der Waals surface area contributed by atoms with E-state index < -0.39 is 0 Å². The summed E-state index contributed by atoms with van der Waals surface area (Å²) < 4.78 is 5.86. The third kappa shape index (κ3) is 4.26. The van der Waals surface area contributed by atoms with Crippen LogP contribution in [0.2, 0.25) is 0 Å². The van der Waals surface area contributed by atoms with E-state index in [0.29, 0.717) is 18.0 Å². The first-order valence-corrected chi connectivity index (χ1v) is 8.87. The van der Waals surface area contributed by atoms with Crippen LogP contribution in [-0.2, 0) is 6.54 Å². The van der Waals surface area contributed by atoms with Crippen molar-refractivity contribution in [3.63, 3.8) is 0 Å². The van der Waals surface area contributed by atoms with E-state index in [0.717, 1.165) is 23.5 Å². The van der Waals surface area contributed by atoms with Crippen LogP contribution >= 0.6 is 11.8 Å². The molecule has 5 heteroatoms. The number of nitrogens with zero attached hydrogens (tertiary/aromatic N) is 2. The fourth-order valence-corrected chi connectivity index (χ4v) is 3.63. The molecule has 1 aromatic carbocycles. The van der Waals surface area contributed by atoms with E-state index in [-0.39, 0.29) is 12.0 Å². The molecule has 1 amide bonds. The molecule has 1 aliphatic heterocycles. The first-order chi connectivity index (χ1) is 11.2. The number of rotatable bonds is 5. The van der Waals surface area contributed by atoms with Crippen LogP contribution in [0, 0.1) is 0 Å². The van der Waals surface area contributed by atoms with E-state index >= 15 is 0 Å². The molecule has 4 nitrogen and oxygen atoms in total. The maximum absolute atomic E-state index is 12.6. The zero-order valence-corrected chi connectivity index (χ0v) is 14.0. The first-order valence-electron chi connectivity index (χ1n) is 7.72. The van der Waals surface area contributed by atoms with E-state index in [1.165, 1.54) is 0 Å². The van der Waals surface area contributed by atoms with Crippen molar-refractivity contribution in [1.82, 2.24) is 9.88 Å². The number of ether oxygens (including phenoxy) is 1. The van der Waals surface area contributed by atoms with Crippen molar-refractivity contribution in [1.29, 1.82) is 0 Å². The summed E-state index contributed by atoms with van der Waals surface area (Å²) in [6, 6.07) is 13.4. The number of thioether (sulfide) groups is 1. The number of aromatic nitrogens is 1. The minimum Gasteiger partial charge on any atom is -0.473 e. The third-order valence-corrected chi connectivity index (χ3v) is 4.90. The van der Waals surface area contributed by atoms with Crippen LogP contribution in [0.3, 0.4) is 0 Å². The van der Waals surface area contributed by atoms with E-state index in [2.05, 4.69) is 4.98 Å². The molecule has 0 saturated carbocycles. The number of carbonyl (C=O) groups is 1. The molecule has 1 unspecified atom stereocenters. The van der Waals surface area contributed by atoms with Crippen LogP contribution in [0.1, 0.15) is 22.3 Å². The first kappa shape index (κ1) is 15.9. The Labute approximate surface area is 140 Å². The summed E-state index contributed by atoms with van der Waals surface area (Å²) in [6.45, 7) is 0.581. The summed E-state index contributed by atoms with van der Waals surface area (Å²) in [4.78, 5) is 18.5. The minimum absolute atomic E-state index is 0.0260. The van der Waals surface area contributed by atoms with Gasteiger partial charge in [-0.3, -0.25) is 4.79 Å². The number of pyridine rings is 1. The van der Waals surface area contributed by atoms with E-state index in [9.17, 15) is 4.79 Å². The van der Waals surface area contributed by atoms with Crippen molar-refractivity contribution in [3.8, 4) is 5.88 Å². The zero-order chi connectivity index (χ0) is 16.1. The van der Waals surface area contributed by atoms with E-state index in [1.807, 2.05) is 49.1 Å². The van der Waals surface area contributed by atoms with Crippen LogP contribution < -0.4 is 4.74 Å². The van der Waals surface area contributed by atoms with Crippen molar-refractivity contribution in [2.75, 3.05) is 18.6 Å². The standard InChI is InChI=1S/C18H20N2O2S/c1-20(12-14-5-3-2-4-6-14)18(21)15-7-9-19-17(11-15)22-16-8-10-23-13-16/h2-7,9,11,16H,8,10,12-13H2,1H3. The summed E-state index contributed by atoms with van der Waals surface area (Å²) in [6.07, 6.45) is 2.89. The van der Waals surface area contributed by atoms with E-state index in [1.54, 1.807) is 23.2 Å². The maximum atomic E-state index is 12.6. The molecular weight excluding hydrogens is 308 g/mol. The van der Waals surface area contributed by atoms with Crippen molar-refractivity contribution < 1.29 is 9.53 Å². The fraction of sp³-hybridized carbons (Fsp3) is 0.333. The molecule has 0 spiro atoms. The Kier molecular flexibility index (Phi) is 5.18. The highest BCUT2D eigenvalue weighted by Crippen LogP contribution is 2.22. The lowest BCUT2D eigenvalue weighted by Gasteiger charge is -2.18. The molecule has 0 radical (unpaired) electrons. The molecule has 0 bridgehead atoms. The smallest absolute Gasteiger partial charge is 0.254 e. The van der Waals surface area contributed by atoms with Crippen molar-refractivity contribution in [2.24, 2.45) is 0 Å². The Morgan fingerprint density at radius 3 is 2.91 bits per heavy atom. The summed E-state index contributed by atoms with van der Waals surface area (Å²) in [7, 11) is 1.81. The second-order valence-corrected chi connectivity index (χ2v) is 6.78. The average Bonchev–Trinajstić information content (AvgIpc) is 3.08. The third-order valence-electron chi connectivity index (χ3n) is 3.77. The Balaban J connectivity index is 1.66.